The number of carboxylic acid groups (broad SMARTS) is 2. The van der Waals surface area contributed by atoms with Crippen LogP contribution in [-0.4, -0.2) is 11.9 Å². The van der Waals surface area contributed by atoms with Gasteiger partial charge < -0.3 is 19.8 Å². The van der Waals surface area contributed by atoms with Gasteiger partial charge in [-0.3, -0.25) is 0 Å². The fraction of sp³-hybridized carbons (Fsp3) is 0.727. The molecule has 0 rings (SSSR count). The minimum absolute atomic E-state index is 0. The first-order valence-electron chi connectivity index (χ1n) is 9.81. The quantitative estimate of drug-likeness (QED) is 0.215. The van der Waals surface area contributed by atoms with E-state index in [1.807, 2.05) is 0 Å². The number of hydrogen-bond donors (Lipinski definition) is 0. The summed E-state index contributed by atoms with van der Waals surface area (Å²) in [6.45, 7) is 0. The molecule has 0 aliphatic rings. The molecular weight excluding hydrogens is 394 g/mol. The molecule has 148 valence electrons. The standard InChI is InChI=1S/2C11H18O2.Zn/c2*1-2-3-4-5-6-7-8-9-10-11(12)13;/h2*1H,3-10H2,(H,12,13);/q;;+2/p-2. The van der Waals surface area contributed by atoms with Gasteiger partial charge in [0.15, 0.2) is 0 Å². The van der Waals surface area contributed by atoms with E-state index in [-0.39, 0.29) is 32.3 Å². The van der Waals surface area contributed by atoms with E-state index in [1.165, 1.54) is 0 Å². The van der Waals surface area contributed by atoms with E-state index in [0.717, 1.165) is 89.9 Å². The van der Waals surface area contributed by atoms with Crippen LogP contribution < -0.4 is 10.2 Å². The van der Waals surface area contributed by atoms with Crippen molar-refractivity contribution in [1.82, 2.24) is 0 Å². The zero-order valence-electron chi connectivity index (χ0n) is 16.8. The van der Waals surface area contributed by atoms with E-state index in [2.05, 4.69) is 11.8 Å². The van der Waals surface area contributed by atoms with Gasteiger partial charge in [0.05, 0.1) is 0 Å². The minimum atomic E-state index is -0.938. The van der Waals surface area contributed by atoms with Gasteiger partial charge in [-0.1, -0.05) is 51.4 Å². The Morgan fingerprint density at radius 1 is 0.556 bits per heavy atom. The summed E-state index contributed by atoms with van der Waals surface area (Å²) < 4.78 is 0. The van der Waals surface area contributed by atoms with E-state index in [9.17, 15) is 19.8 Å². The average Bonchev–Trinajstić information content (AvgIpc) is 2.60. The molecule has 27 heavy (non-hydrogen) atoms. The molecule has 0 aromatic carbocycles. The number of carbonyl (C=O) groups is 2. The molecule has 0 saturated heterocycles. The van der Waals surface area contributed by atoms with Gasteiger partial charge in [0, 0.05) is 24.8 Å². The van der Waals surface area contributed by atoms with Crippen LogP contribution in [0.4, 0.5) is 0 Å². The summed E-state index contributed by atoms with van der Waals surface area (Å²) in [5.74, 6) is 3.32. The Hall–Kier alpha value is -1.32. The van der Waals surface area contributed by atoms with Crippen LogP contribution in [0.3, 0.4) is 0 Å². The maximum absolute atomic E-state index is 10.0. The fourth-order valence-corrected chi connectivity index (χ4v) is 2.41. The third-order valence-corrected chi connectivity index (χ3v) is 3.90. The van der Waals surface area contributed by atoms with Gasteiger partial charge in [-0.25, -0.2) is 0 Å². The van der Waals surface area contributed by atoms with E-state index < -0.39 is 11.9 Å². The molecule has 0 aromatic heterocycles. The van der Waals surface area contributed by atoms with E-state index in [4.69, 9.17) is 12.8 Å². The number of terminal acetylenes is 2. The van der Waals surface area contributed by atoms with Crippen LogP contribution in [0.5, 0.6) is 0 Å². The van der Waals surface area contributed by atoms with Crippen molar-refractivity contribution in [3.63, 3.8) is 0 Å². The van der Waals surface area contributed by atoms with E-state index >= 15 is 0 Å². The van der Waals surface area contributed by atoms with E-state index in [1.54, 1.807) is 0 Å². The molecule has 0 amide bonds. The molecule has 0 aliphatic heterocycles. The number of hydrogen-bond acceptors (Lipinski definition) is 4. The second-order valence-corrected chi connectivity index (χ2v) is 6.39. The molecule has 0 N–H and O–H groups in total. The van der Waals surface area contributed by atoms with Gasteiger partial charge >= 0.3 is 19.5 Å². The average molecular weight is 428 g/mol. The van der Waals surface area contributed by atoms with Crippen LogP contribution in [-0.2, 0) is 29.1 Å². The number of unbranched alkanes of at least 4 members (excludes halogenated alkanes) is 12. The smallest absolute Gasteiger partial charge is 0.550 e. The van der Waals surface area contributed by atoms with Crippen LogP contribution >= 0.6 is 0 Å². The molecule has 0 fully saturated rings. The molecule has 0 atom stereocenters. The summed E-state index contributed by atoms with van der Waals surface area (Å²) >= 11 is 0. The molecule has 0 heterocycles. The van der Waals surface area contributed by atoms with Gasteiger partial charge in [-0.05, 0) is 38.5 Å². The monoisotopic (exact) mass is 426 g/mol. The summed E-state index contributed by atoms with van der Waals surface area (Å²) in [7, 11) is 0. The summed E-state index contributed by atoms with van der Waals surface area (Å²) in [6.07, 6.45) is 24.9. The second-order valence-electron chi connectivity index (χ2n) is 6.39. The minimum Gasteiger partial charge on any atom is -0.550 e. The van der Waals surface area contributed by atoms with Gasteiger partial charge in [-0.15, -0.1) is 24.7 Å². The molecule has 0 radical (unpaired) electrons. The Morgan fingerprint density at radius 2 is 0.815 bits per heavy atom. The third kappa shape index (κ3) is 36.4. The topological polar surface area (TPSA) is 80.3 Å². The Bertz CT molecular complexity index is 381. The summed E-state index contributed by atoms with van der Waals surface area (Å²) in [5.41, 5.74) is 0. The number of carbonyl (C=O) groups excluding carboxylic acids is 2. The summed E-state index contributed by atoms with van der Waals surface area (Å²) in [4.78, 5) is 20.1. The first-order chi connectivity index (χ1) is 12.5. The van der Waals surface area contributed by atoms with Crippen LogP contribution in [0.15, 0.2) is 0 Å². The third-order valence-electron chi connectivity index (χ3n) is 3.90. The Labute approximate surface area is 178 Å². The fourth-order valence-electron chi connectivity index (χ4n) is 2.41. The number of carboxylic acids is 2. The number of rotatable bonds is 16. The SMILES string of the molecule is C#CCCCCCCCCC(=O)[O-].C#CCCCCCCCCC(=O)[O-].[Zn+2]. The largest absolute Gasteiger partial charge is 2.00 e. The van der Waals surface area contributed by atoms with Crippen molar-refractivity contribution in [3.05, 3.63) is 0 Å². The van der Waals surface area contributed by atoms with Gasteiger partial charge in [0.1, 0.15) is 0 Å². The maximum atomic E-state index is 10.0. The van der Waals surface area contributed by atoms with Gasteiger partial charge in [0.2, 0.25) is 0 Å². The van der Waals surface area contributed by atoms with E-state index in [0.29, 0.717) is 0 Å². The van der Waals surface area contributed by atoms with Gasteiger partial charge in [0.25, 0.3) is 0 Å². The predicted molar refractivity (Wildman–Crippen MR) is 102 cm³/mol. The first-order valence-corrected chi connectivity index (χ1v) is 9.81. The zero-order valence-corrected chi connectivity index (χ0v) is 19.8. The normalized spacial score (nSPS) is 9.11. The Kier molecular flexibility index (Phi) is 30.3. The van der Waals surface area contributed by atoms with Crippen molar-refractivity contribution >= 4 is 11.9 Å². The summed E-state index contributed by atoms with van der Waals surface area (Å²) in [6, 6.07) is 0. The maximum Gasteiger partial charge on any atom is 2.00 e. The van der Waals surface area contributed by atoms with Crippen LogP contribution in [0.1, 0.15) is 103 Å². The van der Waals surface area contributed by atoms with Gasteiger partial charge in [-0.2, -0.15) is 0 Å². The van der Waals surface area contributed by atoms with Crippen molar-refractivity contribution in [2.45, 2.75) is 103 Å². The Balaban J connectivity index is -0.000000411. The molecule has 0 spiro atoms. The van der Waals surface area contributed by atoms with Crippen molar-refractivity contribution in [1.29, 1.82) is 0 Å². The summed E-state index contributed by atoms with van der Waals surface area (Å²) in [5, 5.41) is 20.1. The number of aliphatic carboxylic acids is 2. The molecule has 5 heteroatoms. The molecule has 0 unspecified atom stereocenters. The molecule has 0 saturated carbocycles. The van der Waals surface area contributed by atoms with Crippen molar-refractivity contribution in [2.24, 2.45) is 0 Å². The van der Waals surface area contributed by atoms with Crippen molar-refractivity contribution < 1.29 is 39.3 Å². The van der Waals surface area contributed by atoms with Crippen LogP contribution in [0.25, 0.3) is 0 Å². The molecule has 0 bridgehead atoms. The molecule has 0 aromatic rings. The van der Waals surface area contributed by atoms with Crippen molar-refractivity contribution in [2.75, 3.05) is 0 Å². The second kappa shape index (κ2) is 26.9. The predicted octanol–water partition coefficient (Wildman–Crippen LogP) is 2.98. The van der Waals surface area contributed by atoms with Crippen LogP contribution in [0, 0.1) is 24.7 Å². The van der Waals surface area contributed by atoms with Crippen LogP contribution in [0.2, 0.25) is 0 Å². The first kappa shape index (κ1) is 30.4. The molecular formula is C22H34O4Zn. The molecule has 0 aliphatic carbocycles. The Morgan fingerprint density at radius 3 is 1.07 bits per heavy atom. The zero-order chi connectivity index (χ0) is 19.9. The van der Waals surface area contributed by atoms with Crippen molar-refractivity contribution in [3.8, 4) is 24.7 Å². The molecule has 4 nitrogen and oxygen atoms in total.